The number of para-hydroxylation sites is 1. The molecule has 1 saturated carbocycles. The molecule has 0 radical (unpaired) electrons. The van der Waals surface area contributed by atoms with Gasteiger partial charge in [-0.1, -0.05) is 12.1 Å². The Hall–Kier alpha value is -0.930. The highest BCUT2D eigenvalue weighted by molar-refractivity contribution is 5.85. The number of hydrogen-bond acceptors (Lipinski definition) is 3. The SMILES string of the molecule is Cc1cccc2c1N(C1CC1)CCN2CC1CCNCC1.Cl. The second-order valence-electron chi connectivity index (χ2n) is 7.01. The second kappa shape index (κ2) is 6.67. The first-order valence-electron chi connectivity index (χ1n) is 8.65. The van der Waals surface area contributed by atoms with E-state index in [0.717, 1.165) is 12.0 Å². The Labute approximate surface area is 140 Å². The first-order chi connectivity index (χ1) is 10.3. The summed E-state index contributed by atoms with van der Waals surface area (Å²) in [7, 11) is 0. The van der Waals surface area contributed by atoms with Crippen LogP contribution in [0.5, 0.6) is 0 Å². The van der Waals surface area contributed by atoms with Crippen molar-refractivity contribution in [1.82, 2.24) is 5.32 Å². The van der Waals surface area contributed by atoms with Crippen LogP contribution in [0.15, 0.2) is 18.2 Å². The van der Waals surface area contributed by atoms with Crippen molar-refractivity contribution in [2.75, 3.05) is 42.5 Å². The molecule has 2 fully saturated rings. The average molecular weight is 322 g/mol. The van der Waals surface area contributed by atoms with Crippen LogP contribution < -0.4 is 15.1 Å². The number of hydrogen-bond donors (Lipinski definition) is 1. The Kier molecular flexibility index (Phi) is 4.84. The molecule has 0 atom stereocenters. The lowest BCUT2D eigenvalue weighted by Gasteiger charge is -2.42. The van der Waals surface area contributed by atoms with Crippen molar-refractivity contribution in [1.29, 1.82) is 0 Å². The van der Waals surface area contributed by atoms with Crippen molar-refractivity contribution in [3.05, 3.63) is 23.8 Å². The van der Waals surface area contributed by atoms with Crippen molar-refractivity contribution in [2.45, 2.75) is 38.6 Å². The number of fused-ring (bicyclic) bond motifs is 1. The van der Waals surface area contributed by atoms with Gasteiger partial charge < -0.3 is 15.1 Å². The van der Waals surface area contributed by atoms with Gasteiger partial charge in [-0.25, -0.2) is 0 Å². The van der Waals surface area contributed by atoms with E-state index in [-0.39, 0.29) is 12.4 Å². The van der Waals surface area contributed by atoms with Gasteiger partial charge in [-0.15, -0.1) is 12.4 Å². The maximum atomic E-state index is 3.48. The second-order valence-corrected chi connectivity index (χ2v) is 7.01. The van der Waals surface area contributed by atoms with Gasteiger partial charge >= 0.3 is 0 Å². The molecule has 4 heteroatoms. The zero-order valence-corrected chi connectivity index (χ0v) is 14.4. The minimum absolute atomic E-state index is 0. The highest BCUT2D eigenvalue weighted by Crippen LogP contribution is 2.42. The molecule has 22 heavy (non-hydrogen) atoms. The van der Waals surface area contributed by atoms with E-state index in [1.807, 2.05) is 0 Å². The Morgan fingerprint density at radius 2 is 1.86 bits per heavy atom. The lowest BCUT2D eigenvalue weighted by atomic mass is 9.96. The van der Waals surface area contributed by atoms with E-state index in [1.165, 1.54) is 75.3 Å². The molecule has 1 aromatic rings. The van der Waals surface area contributed by atoms with Gasteiger partial charge in [-0.3, -0.25) is 0 Å². The summed E-state index contributed by atoms with van der Waals surface area (Å²) < 4.78 is 0. The molecular weight excluding hydrogens is 294 g/mol. The van der Waals surface area contributed by atoms with Crippen LogP contribution >= 0.6 is 12.4 Å². The van der Waals surface area contributed by atoms with Gasteiger partial charge in [0.05, 0.1) is 11.4 Å². The number of aryl methyl sites for hydroxylation is 1. The van der Waals surface area contributed by atoms with Gasteiger partial charge in [0.2, 0.25) is 0 Å². The van der Waals surface area contributed by atoms with Crippen LogP contribution in [0.25, 0.3) is 0 Å². The van der Waals surface area contributed by atoms with Crippen LogP contribution in [0.2, 0.25) is 0 Å². The van der Waals surface area contributed by atoms with Crippen molar-refractivity contribution in [2.24, 2.45) is 5.92 Å². The Bertz CT molecular complexity index is 509. The number of benzene rings is 1. The van der Waals surface area contributed by atoms with Gasteiger partial charge in [0.1, 0.15) is 0 Å². The van der Waals surface area contributed by atoms with E-state index in [0.29, 0.717) is 0 Å². The average Bonchev–Trinajstić information content (AvgIpc) is 3.34. The molecule has 1 saturated heterocycles. The zero-order chi connectivity index (χ0) is 14.2. The topological polar surface area (TPSA) is 18.5 Å². The molecule has 2 heterocycles. The van der Waals surface area contributed by atoms with Crippen molar-refractivity contribution in [3.8, 4) is 0 Å². The third kappa shape index (κ3) is 3.07. The van der Waals surface area contributed by atoms with Crippen LogP contribution in [0.1, 0.15) is 31.2 Å². The summed E-state index contributed by atoms with van der Waals surface area (Å²) in [6.45, 7) is 8.35. The van der Waals surface area contributed by atoms with E-state index >= 15 is 0 Å². The van der Waals surface area contributed by atoms with Gasteiger partial charge in [0.15, 0.2) is 0 Å². The summed E-state index contributed by atoms with van der Waals surface area (Å²) in [5.74, 6) is 0.868. The first-order valence-corrected chi connectivity index (χ1v) is 8.65. The van der Waals surface area contributed by atoms with Crippen LogP contribution in [0.4, 0.5) is 11.4 Å². The predicted molar refractivity (Wildman–Crippen MR) is 96.6 cm³/mol. The van der Waals surface area contributed by atoms with E-state index < -0.39 is 0 Å². The zero-order valence-electron chi connectivity index (χ0n) is 13.6. The van der Waals surface area contributed by atoms with Gasteiger partial charge in [-0.2, -0.15) is 0 Å². The fourth-order valence-corrected chi connectivity index (χ4v) is 4.05. The molecule has 1 aliphatic carbocycles. The molecular formula is C18H28ClN3. The molecule has 2 aliphatic heterocycles. The molecule has 0 bridgehead atoms. The van der Waals surface area contributed by atoms with Gasteiger partial charge in [0, 0.05) is 25.7 Å². The summed E-state index contributed by atoms with van der Waals surface area (Å²) >= 11 is 0. The molecule has 0 aromatic heterocycles. The highest BCUT2D eigenvalue weighted by Gasteiger charge is 2.35. The maximum Gasteiger partial charge on any atom is 0.0636 e. The first kappa shape index (κ1) is 15.9. The highest BCUT2D eigenvalue weighted by atomic mass is 35.5. The Morgan fingerprint density at radius 3 is 2.59 bits per heavy atom. The minimum atomic E-state index is 0. The van der Waals surface area contributed by atoms with Crippen LogP contribution in [-0.2, 0) is 0 Å². The van der Waals surface area contributed by atoms with Gasteiger partial charge in [-0.05, 0) is 63.2 Å². The fraction of sp³-hybridized carbons (Fsp3) is 0.667. The summed E-state index contributed by atoms with van der Waals surface area (Å²) in [5, 5.41) is 3.48. The third-order valence-corrected chi connectivity index (χ3v) is 5.38. The predicted octanol–water partition coefficient (Wildman–Crippen LogP) is 3.21. The number of rotatable bonds is 3. The van der Waals surface area contributed by atoms with E-state index in [1.54, 1.807) is 0 Å². The van der Waals surface area contributed by atoms with Crippen LogP contribution in [0.3, 0.4) is 0 Å². The molecule has 0 amide bonds. The van der Waals surface area contributed by atoms with Crippen molar-refractivity contribution in [3.63, 3.8) is 0 Å². The molecule has 4 rings (SSSR count). The molecule has 1 N–H and O–H groups in total. The van der Waals surface area contributed by atoms with Crippen LogP contribution in [-0.4, -0.2) is 38.8 Å². The van der Waals surface area contributed by atoms with E-state index in [9.17, 15) is 0 Å². The quantitative estimate of drug-likeness (QED) is 0.922. The molecule has 122 valence electrons. The van der Waals surface area contributed by atoms with E-state index in [4.69, 9.17) is 0 Å². The molecule has 3 aliphatic rings. The molecule has 3 nitrogen and oxygen atoms in total. The Morgan fingerprint density at radius 1 is 1.09 bits per heavy atom. The third-order valence-electron chi connectivity index (χ3n) is 5.38. The van der Waals surface area contributed by atoms with E-state index in [2.05, 4.69) is 40.2 Å². The lowest BCUT2D eigenvalue weighted by Crippen LogP contribution is -2.45. The summed E-state index contributed by atoms with van der Waals surface area (Å²) in [6, 6.07) is 7.69. The summed E-state index contributed by atoms with van der Waals surface area (Å²) in [6.07, 6.45) is 5.46. The van der Waals surface area contributed by atoms with Crippen molar-refractivity contribution < 1.29 is 0 Å². The van der Waals surface area contributed by atoms with Gasteiger partial charge in [0.25, 0.3) is 0 Å². The molecule has 1 aromatic carbocycles. The standard InChI is InChI=1S/C18H27N3.ClH/c1-14-3-2-4-17-18(14)21(16-5-6-16)12-11-20(17)13-15-7-9-19-10-8-15;/h2-4,15-16,19H,5-13H2,1H3;1H. The lowest BCUT2D eigenvalue weighted by molar-refractivity contribution is 0.372. The maximum absolute atomic E-state index is 3.48. The number of halogens is 1. The molecule has 0 unspecified atom stereocenters. The Balaban J connectivity index is 0.00000144. The smallest absolute Gasteiger partial charge is 0.0636 e. The van der Waals surface area contributed by atoms with Crippen LogP contribution in [0, 0.1) is 12.8 Å². The fourth-order valence-electron chi connectivity index (χ4n) is 4.05. The summed E-state index contributed by atoms with van der Waals surface area (Å²) in [4.78, 5) is 5.35. The number of nitrogens with one attached hydrogen (secondary N) is 1. The monoisotopic (exact) mass is 321 g/mol. The minimum Gasteiger partial charge on any atom is -0.368 e. The summed E-state index contributed by atoms with van der Waals surface area (Å²) in [5.41, 5.74) is 4.47. The number of piperidine rings is 1. The normalized spacial score (nSPS) is 22.2. The van der Waals surface area contributed by atoms with Crippen molar-refractivity contribution >= 4 is 23.8 Å². The number of nitrogens with zero attached hydrogens (tertiary/aromatic N) is 2. The molecule has 0 spiro atoms. The number of anilines is 2. The largest absolute Gasteiger partial charge is 0.368 e.